The summed E-state index contributed by atoms with van der Waals surface area (Å²) in [6, 6.07) is 13.1. The van der Waals surface area contributed by atoms with Crippen LogP contribution in [0.1, 0.15) is 25.0 Å². The lowest BCUT2D eigenvalue weighted by molar-refractivity contribution is 0.540. The highest BCUT2D eigenvalue weighted by Gasteiger charge is 2.18. The van der Waals surface area contributed by atoms with Gasteiger partial charge in [0.25, 0.3) is 0 Å². The molecule has 0 bridgehead atoms. The van der Waals surface area contributed by atoms with Gasteiger partial charge in [-0.1, -0.05) is 50.2 Å². The monoisotopic (exact) mass is 213 g/mol. The van der Waals surface area contributed by atoms with Gasteiger partial charge in [0, 0.05) is 12.0 Å². The third-order valence-electron chi connectivity index (χ3n) is 3.39. The van der Waals surface area contributed by atoms with Gasteiger partial charge in [-0.3, -0.25) is 0 Å². The normalized spacial score (nSPS) is 12.0. The minimum absolute atomic E-state index is 0.0535. The van der Waals surface area contributed by atoms with Gasteiger partial charge in [0.15, 0.2) is 0 Å². The van der Waals surface area contributed by atoms with Crippen LogP contribution < -0.4 is 5.73 Å². The van der Waals surface area contributed by atoms with Crippen molar-refractivity contribution in [3.63, 3.8) is 0 Å². The molecule has 0 aliphatic rings. The molecule has 2 aromatic rings. The third kappa shape index (κ3) is 1.83. The van der Waals surface area contributed by atoms with E-state index in [9.17, 15) is 0 Å². The van der Waals surface area contributed by atoms with Crippen LogP contribution in [0.3, 0.4) is 0 Å². The molecule has 0 unspecified atom stereocenters. The summed E-state index contributed by atoms with van der Waals surface area (Å²) >= 11 is 0. The van der Waals surface area contributed by atoms with Crippen LogP contribution in [0, 0.1) is 6.92 Å². The molecule has 0 aliphatic carbocycles. The predicted molar refractivity (Wildman–Crippen MR) is 70.8 cm³/mol. The number of nitrogens with two attached hydrogens (primary N) is 1. The van der Waals surface area contributed by atoms with Crippen molar-refractivity contribution >= 4 is 10.8 Å². The average molecular weight is 213 g/mol. The summed E-state index contributed by atoms with van der Waals surface area (Å²) in [7, 11) is 0. The van der Waals surface area contributed by atoms with Gasteiger partial charge in [-0.25, -0.2) is 0 Å². The summed E-state index contributed by atoms with van der Waals surface area (Å²) in [5.74, 6) is 0. The minimum atomic E-state index is 0.0535. The summed E-state index contributed by atoms with van der Waals surface area (Å²) < 4.78 is 0. The maximum absolute atomic E-state index is 5.81. The SMILES string of the molecule is Cc1cccc2cc(C(C)(C)CN)ccc12. The Morgan fingerprint density at radius 2 is 1.88 bits per heavy atom. The van der Waals surface area contributed by atoms with E-state index in [1.54, 1.807) is 0 Å². The van der Waals surface area contributed by atoms with Crippen molar-refractivity contribution in [3.05, 3.63) is 47.5 Å². The first-order chi connectivity index (χ1) is 7.54. The Balaban J connectivity index is 2.61. The van der Waals surface area contributed by atoms with Crippen molar-refractivity contribution < 1.29 is 0 Å². The Labute approximate surface area is 97.3 Å². The molecule has 2 N–H and O–H groups in total. The van der Waals surface area contributed by atoms with E-state index in [2.05, 4.69) is 57.2 Å². The van der Waals surface area contributed by atoms with Gasteiger partial charge in [-0.05, 0) is 28.8 Å². The van der Waals surface area contributed by atoms with Crippen LogP contribution in [0.5, 0.6) is 0 Å². The summed E-state index contributed by atoms with van der Waals surface area (Å²) in [5, 5.41) is 2.64. The van der Waals surface area contributed by atoms with Crippen LogP contribution in [-0.4, -0.2) is 6.54 Å². The van der Waals surface area contributed by atoms with Crippen LogP contribution in [0.4, 0.5) is 0 Å². The van der Waals surface area contributed by atoms with E-state index in [1.807, 2.05) is 0 Å². The maximum atomic E-state index is 5.81. The number of rotatable bonds is 2. The van der Waals surface area contributed by atoms with Crippen LogP contribution in [0.25, 0.3) is 10.8 Å². The number of benzene rings is 2. The van der Waals surface area contributed by atoms with E-state index in [4.69, 9.17) is 5.73 Å². The highest BCUT2D eigenvalue weighted by Crippen LogP contribution is 2.27. The molecule has 0 amide bonds. The highest BCUT2D eigenvalue weighted by atomic mass is 14.6. The smallest absolute Gasteiger partial charge is 0.00193 e. The van der Waals surface area contributed by atoms with Gasteiger partial charge >= 0.3 is 0 Å². The van der Waals surface area contributed by atoms with Crippen molar-refractivity contribution in [3.8, 4) is 0 Å². The van der Waals surface area contributed by atoms with Crippen molar-refractivity contribution in [2.45, 2.75) is 26.2 Å². The van der Waals surface area contributed by atoms with Crippen molar-refractivity contribution in [2.75, 3.05) is 6.54 Å². The topological polar surface area (TPSA) is 26.0 Å². The average Bonchev–Trinajstić information content (AvgIpc) is 2.29. The molecule has 0 radical (unpaired) electrons. The van der Waals surface area contributed by atoms with Gasteiger partial charge in [0.2, 0.25) is 0 Å². The molecular weight excluding hydrogens is 194 g/mol. The molecule has 1 heteroatoms. The van der Waals surface area contributed by atoms with E-state index in [1.165, 1.54) is 21.9 Å². The summed E-state index contributed by atoms with van der Waals surface area (Å²) in [6.45, 7) is 7.19. The number of fused-ring (bicyclic) bond motifs is 1. The molecule has 16 heavy (non-hydrogen) atoms. The van der Waals surface area contributed by atoms with E-state index in [-0.39, 0.29) is 5.41 Å². The first-order valence-corrected chi connectivity index (χ1v) is 5.74. The second kappa shape index (κ2) is 3.91. The fourth-order valence-corrected chi connectivity index (χ4v) is 1.98. The van der Waals surface area contributed by atoms with Crippen LogP contribution in [-0.2, 0) is 5.41 Å². The molecule has 0 spiro atoms. The molecule has 2 aromatic carbocycles. The van der Waals surface area contributed by atoms with Crippen molar-refractivity contribution in [2.24, 2.45) is 5.73 Å². The van der Waals surface area contributed by atoms with Gasteiger partial charge in [0.05, 0.1) is 0 Å². The minimum Gasteiger partial charge on any atom is -0.330 e. The summed E-state index contributed by atoms with van der Waals surface area (Å²) in [6.07, 6.45) is 0. The maximum Gasteiger partial charge on any atom is 0.00193 e. The molecule has 0 aromatic heterocycles. The predicted octanol–water partition coefficient (Wildman–Crippen LogP) is 3.38. The number of hydrogen-bond acceptors (Lipinski definition) is 1. The van der Waals surface area contributed by atoms with Gasteiger partial charge in [0.1, 0.15) is 0 Å². The van der Waals surface area contributed by atoms with E-state index >= 15 is 0 Å². The largest absolute Gasteiger partial charge is 0.330 e. The lowest BCUT2D eigenvalue weighted by Gasteiger charge is -2.23. The van der Waals surface area contributed by atoms with Crippen LogP contribution >= 0.6 is 0 Å². The van der Waals surface area contributed by atoms with Gasteiger partial charge < -0.3 is 5.73 Å². The van der Waals surface area contributed by atoms with Crippen molar-refractivity contribution in [1.29, 1.82) is 0 Å². The van der Waals surface area contributed by atoms with Crippen molar-refractivity contribution in [1.82, 2.24) is 0 Å². The lowest BCUT2D eigenvalue weighted by atomic mass is 9.83. The molecule has 0 heterocycles. The molecule has 0 saturated heterocycles. The van der Waals surface area contributed by atoms with E-state index < -0.39 is 0 Å². The first-order valence-electron chi connectivity index (χ1n) is 5.74. The molecular formula is C15H19N. The second-order valence-electron chi connectivity index (χ2n) is 5.10. The molecule has 0 atom stereocenters. The molecule has 1 nitrogen and oxygen atoms in total. The van der Waals surface area contributed by atoms with E-state index in [0.29, 0.717) is 6.54 Å². The Bertz CT molecular complexity index is 512. The molecule has 84 valence electrons. The Morgan fingerprint density at radius 1 is 1.12 bits per heavy atom. The lowest BCUT2D eigenvalue weighted by Crippen LogP contribution is -2.27. The standard InChI is InChI=1S/C15H19N/c1-11-5-4-6-12-9-13(7-8-14(11)12)15(2,3)10-16/h4-9H,10,16H2,1-3H3. The van der Waals surface area contributed by atoms with Crippen LogP contribution in [0.15, 0.2) is 36.4 Å². The molecule has 0 fully saturated rings. The molecule has 0 aliphatic heterocycles. The molecule has 0 saturated carbocycles. The van der Waals surface area contributed by atoms with Gasteiger partial charge in [-0.2, -0.15) is 0 Å². The Kier molecular flexibility index (Phi) is 2.73. The number of hydrogen-bond donors (Lipinski definition) is 1. The number of aryl methyl sites for hydroxylation is 1. The Morgan fingerprint density at radius 3 is 2.56 bits per heavy atom. The second-order valence-corrected chi connectivity index (χ2v) is 5.10. The summed E-state index contributed by atoms with van der Waals surface area (Å²) in [4.78, 5) is 0. The van der Waals surface area contributed by atoms with Crippen LogP contribution in [0.2, 0.25) is 0 Å². The first kappa shape index (κ1) is 11.2. The zero-order valence-electron chi connectivity index (χ0n) is 10.2. The highest BCUT2D eigenvalue weighted by molar-refractivity contribution is 5.86. The Hall–Kier alpha value is -1.34. The third-order valence-corrected chi connectivity index (χ3v) is 3.39. The molecule has 2 rings (SSSR count). The quantitative estimate of drug-likeness (QED) is 0.813. The zero-order chi connectivity index (χ0) is 11.8. The van der Waals surface area contributed by atoms with Gasteiger partial charge in [-0.15, -0.1) is 0 Å². The fraction of sp³-hybridized carbons (Fsp3) is 0.333. The fourth-order valence-electron chi connectivity index (χ4n) is 1.98. The summed E-state index contributed by atoms with van der Waals surface area (Å²) in [5.41, 5.74) is 8.51. The zero-order valence-corrected chi connectivity index (χ0v) is 10.2. The van der Waals surface area contributed by atoms with E-state index in [0.717, 1.165) is 0 Å².